The highest BCUT2D eigenvalue weighted by Gasteiger charge is 2.63. The van der Waals surface area contributed by atoms with E-state index < -0.39 is 49.2 Å². The predicted octanol–water partition coefficient (Wildman–Crippen LogP) is 6.11. The van der Waals surface area contributed by atoms with Crippen LogP contribution in [0, 0.1) is 0 Å². The average Bonchev–Trinajstić information content (AvgIpc) is 2.41. The molecule has 0 aromatic heterocycles. The third kappa shape index (κ3) is 5.19. The normalized spacial score (nSPS) is 16.8. The fraction of sp³-hybridized carbons (Fsp3) is 0.700. The van der Waals surface area contributed by atoms with Crippen molar-refractivity contribution in [2.75, 3.05) is 0 Å². The highest BCUT2D eigenvalue weighted by Crippen LogP contribution is 2.38. The van der Waals surface area contributed by atoms with Crippen LogP contribution in [-0.2, 0) is 0 Å². The van der Waals surface area contributed by atoms with Gasteiger partial charge in [-0.05, 0) is 5.19 Å². The fourth-order valence-electron chi connectivity index (χ4n) is 5.59. The third-order valence-corrected chi connectivity index (χ3v) is 44.6. The number of benzene rings is 1. The first-order valence-corrected chi connectivity index (χ1v) is 29.9. The monoisotopic (exact) mass is 483 g/mol. The Bertz CT molecular complexity index is 624. The van der Waals surface area contributed by atoms with Gasteiger partial charge in [0.05, 0.1) is 7.59 Å². The van der Waals surface area contributed by atoms with Gasteiger partial charge in [-0.2, -0.15) is 0 Å². The minimum Gasteiger partial charge on any atom is -0.357 e. The van der Waals surface area contributed by atoms with Crippen LogP contribution >= 0.6 is 0 Å². The van der Waals surface area contributed by atoms with Gasteiger partial charge in [-0.25, -0.2) is 0 Å². The van der Waals surface area contributed by atoms with E-state index in [-0.39, 0.29) is 0 Å². The van der Waals surface area contributed by atoms with Crippen LogP contribution in [0.25, 0.3) is 0 Å². The van der Waals surface area contributed by atoms with E-state index in [1.165, 1.54) is 0 Å². The summed E-state index contributed by atoms with van der Waals surface area (Å²) in [5.74, 6) is 0. The van der Waals surface area contributed by atoms with Gasteiger partial charge in [0.25, 0.3) is 0 Å². The van der Waals surface area contributed by atoms with Gasteiger partial charge in [0.15, 0.2) is 7.91 Å². The maximum atomic E-state index is 3.31. The molecule has 1 unspecified atom stereocenters. The van der Waals surface area contributed by atoms with E-state index >= 15 is 0 Å². The van der Waals surface area contributed by atoms with Crippen LogP contribution in [-0.4, -0.2) is 57.0 Å². The first kappa shape index (κ1) is 26.5. The Balaban J connectivity index is 4.25. The Morgan fingerprint density at radius 3 is 1.25 bits per heavy atom. The van der Waals surface area contributed by atoms with Crippen molar-refractivity contribution >= 4 is 54.4 Å². The summed E-state index contributed by atoms with van der Waals surface area (Å²) in [5, 5.41) is 1.70. The summed E-state index contributed by atoms with van der Waals surface area (Å²) >= 11 is 0. The summed E-state index contributed by atoms with van der Waals surface area (Å²) in [6.45, 7) is 36.8. The first-order valence-electron chi connectivity index (χ1n) is 10.8. The van der Waals surface area contributed by atoms with Gasteiger partial charge in [-0.1, -0.05) is 122 Å². The molecule has 1 atom stereocenters. The molecule has 1 radical (unpaired) electrons. The molecule has 0 aliphatic carbocycles. The average molecular weight is 484 g/mol. The van der Waals surface area contributed by atoms with Gasteiger partial charge in [-0.15, -0.1) is 0 Å². The van der Waals surface area contributed by atoms with Gasteiger partial charge in [0.1, 0.15) is 33.7 Å². The van der Waals surface area contributed by atoms with Crippen LogP contribution in [0.5, 0.6) is 0 Å². The van der Waals surface area contributed by atoms with Crippen molar-refractivity contribution in [2.45, 2.75) is 91.7 Å². The molecule has 0 saturated carbocycles. The molecular formula is C20H47N2Si6. The van der Waals surface area contributed by atoms with E-state index in [2.05, 4.69) is 130 Å². The summed E-state index contributed by atoms with van der Waals surface area (Å²) in [6, 6.07) is 11.8. The van der Waals surface area contributed by atoms with Gasteiger partial charge in [-0.3, -0.25) is 0 Å². The first-order chi connectivity index (χ1) is 12.3. The Morgan fingerprint density at radius 1 is 0.607 bits per heavy atom. The molecule has 0 saturated heterocycles. The van der Waals surface area contributed by atoms with Crippen LogP contribution < -0.4 is 5.19 Å². The molecule has 0 amide bonds. The minimum absolute atomic E-state index is 0.585. The Kier molecular flexibility index (Phi) is 8.06. The fourth-order valence-corrected chi connectivity index (χ4v) is 71.0. The molecule has 1 aromatic carbocycles. The van der Waals surface area contributed by atoms with Gasteiger partial charge in [0.2, 0.25) is 0 Å². The maximum absolute atomic E-state index is 3.31. The molecule has 8 heteroatoms. The van der Waals surface area contributed by atoms with Crippen molar-refractivity contribution in [3.8, 4) is 0 Å². The van der Waals surface area contributed by atoms with Gasteiger partial charge < -0.3 is 7.79 Å². The number of hydrogen-bond donors (Lipinski definition) is 0. The van der Waals surface area contributed by atoms with E-state index in [0.29, 0.717) is 0 Å². The number of nitrogens with zero attached hydrogens (tertiary/aromatic N) is 2. The molecule has 1 rings (SSSR count). The van der Waals surface area contributed by atoms with E-state index in [1.54, 1.807) is 5.19 Å². The number of hydrogen-bond acceptors (Lipinski definition) is 2. The molecule has 0 fully saturated rings. The standard InChI is InChI=1S/C20H47N2Si6/c1-23(2)21(24(3,4)5)28(27(12,13)14,20-18-16-15-17-19-20)22(25(6,7)8)26(9,10)11/h15-19H,1-14H3. The van der Waals surface area contributed by atoms with Gasteiger partial charge >= 0.3 is 0 Å². The molecule has 0 heterocycles. The minimum atomic E-state index is -2.07. The molecule has 2 nitrogen and oxygen atoms in total. The van der Waals surface area contributed by atoms with Crippen molar-refractivity contribution in [1.29, 1.82) is 0 Å². The van der Waals surface area contributed by atoms with Crippen molar-refractivity contribution in [1.82, 2.24) is 7.79 Å². The van der Waals surface area contributed by atoms with Gasteiger partial charge in [0, 0.05) is 0 Å². The summed E-state index contributed by atoms with van der Waals surface area (Å²) in [6.07, 6.45) is 0. The topological polar surface area (TPSA) is 6.48 Å². The van der Waals surface area contributed by atoms with Crippen LogP contribution in [0.3, 0.4) is 0 Å². The van der Waals surface area contributed by atoms with Crippen LogP contribution in [0.1, 0.15) is 0 Å². The highest BCUT2D eigenvalue weighted by molar-refractivity contribution is 7.50. The Hall–Kier alpha value is 0.441. The third-order valence-electron chi connectivity index (χ3n) is 5.33. The van der Waals surface area contributed by atoms with Crippen molar-refractivity contribution < 1.29 is 0 Å². The molecule has 0 bridgehead atoms. The van der Waals surface area contributed by atoms with E-state index in [1.807, 2.05) is 0 Å². The summed E-state index contributed by atoms with van der Waals surface area (Å²) in [7, 11) is -8.85. The van der Waals surface area contributed by atoms with Crippen molar-refractivity contribution in [3.63, 3.8) is 0 Å². The van der Waals surface area contributed by atoms with Crippen molar-refractivity contribution in [3.05, 3.63) is 30.3 Å². The molecule has 28 heavy (non-hydrogen) atoms. The zero-order chi connectivity index (χ0) is 22.3. The molecule has 0 aliphatic rings. The lowest BCUT2D eigenvalue weighted by molar-refractivity contribution is 0.800. The SMILES string of the molecule is C[Si](C)N([Si](C)(C)C)[Si](c1ccccc1)(N([Si](C)(C)C)[Si](C)(C)C)[Si](C)(C)C. The maximum Gasteiger partial charge on any atom is 0.197 e. The smallest absolute Gasteiger partial charge is 0.197 e. The summed E-state index contributed by atoms with van der Waals surface area (Å²) < 4.78 is 6.58. The zero-order valence-electron chi connectivity index (χ0n) is 21.3. The van der Waals surface area contributed by atoms with Crippen LogP contribution in [0.15, 0.2) is 30.3 Å². The van der Waals surface area contributed by atoms with Crippen LogP contribution in [0.2, 0.25) is 91.7 Å². The molecule has 0 aliphatic heterocycles. The second-order valence-electron chi connectivity index (χ2n) is 12.4. The quantitative estimate of drug-likeness (QED) is 0.411. The zero-order valence-corrected chi connectivity index (χ0v) is 27.3. The lowest BCUT2D eigenvalue weighted by atomic mass is 10.4. The van der Waals surface area contributed by atoms with E-state index in [9.17, 15) is 0 Å². The van der Waals surface area contributed by atoms with Crippen molar-refractivity contribution in [2.24, 2.45) is 0 Å². The molecular weight excluding hydrogens is 437 g/mol. The number of rotatable bonds is 8. The largest absolute Gasteiger partial charge is 0.357 e. The Labute approximate surface area is 183 Å². The van der Waals surface area contributed by atoms with Crippen LogP contribution in [0.4, 0.5) is 0 Å². The second-order valence-corrected chi connectivity index (χ2v) is 45.7. The summed E-state index contributed by atoms with van der Waals surface area (Å²) in [4.78, 5) is 0. The highest BCUT2D eigenvalue weighted by atomic mass is 29.3. The lowest BCUT2D eigenvalue weighted by Crippen LogP contribution is -2.93. The lowest BCUT2D eigenvalue weighted by Gasteiger charge is -2.67. The predicted molar refractivity (Wildman–Crippen MR) is 146 cm³/mol. The van der Waals surface area contributed by atoms with E-state index in [0.717, 1.165) is 0 Å². The molecule has 1 aromatic rings. The molecule has 161 valence electrons. The Morgan fingerprint density at radius 2 is 1.00 bits per heavy atom. The summed E-state index contributed by atoms with van der Waals surface area (Å²) in [5.41, 5.74) is 0. The molecule has 0 N–H and O–H groups in total. The molecule has 0 spiro atoms. The van der Waals surface area contributed by atoms with E-state index in [4.69, 9.17) is 0 Å². The second kappa shape index (κ2) is 8.52.